The van der Waals surface area contributed by atoms with Crippen molar-refractivity contribution in [2.45, 2.75) is 18.3 Å². The average molecular weight is 289 g/mol. The zero-order chi connectivity index (χ0) is 14.2. The van der Waals surface area contributed by atoms with Gasteiger partial charge in [-0.25, -0.2) is 0 Å². The van der Waals surface area contributed by atoms with Crippen LogP contribution in [0.1, 0.15) is 18.4 Å². The number of para-hydroxylation sites is 1. The minimum atomic E-state index is -0.974. The minimum Gasteiger partial charge on any atom is -0.295 e. The molecule has 2 N–H and O–H groups in total. The lowest BCUT2D eigenvalue weighted by molar-refractivity contribution is -0.126. The van der Waals surface area contributed by atoms with Gasteiger partial charge >= 0.3 is 8.61 Å². The molecule has 3 atom stereocenters. The van der Waals surface area contributed by atoms with Crippen LogP contribution in [-0.2, 0) is 19.6 Å². The van der Waals surface area contributed by atoms with Crippen LogP contribution >= 0.6 is 8.61 Å². The number of hydrogen-bond acceptors (Lipinski definition) is 3. The zero-order valence-electron chi connectivity index (χ0n) is 10.7. The van der Waals surface area contributed by atoms with Gasteiger partial charge in [-0.1, -0.05) is 30.4 Å². The summed E-state index contributed by atoms with van der Waals surface area (Å²) in [5.74, 6) is -0.913. The second-order valence-corrected chi connectivity index (χ2v) is 5.45. The molecule has 1 saturated heterocycles. The molecule has 1 heterocycles. The third-order valence-electron chi connectivity index (χ3n) is 4.04. The third kappa shape index (κ3) is 1.70. The number of nitrogens with one attached hydrogen (secondary N) is 2. The number of amides is 2. The molecular weight excluding hydrogens is 275 g/mol. The van der Waals surface area contributed by atoms with Crippen LogP contribution in [0.25, 0.3) is 0 Å². The standard InChI is InChI=1S/C14H13N2O3P/c17-12-10-6-3-4-8-14(10,13(18)15-12)9-5-1-2-7-11(9)16-20-19/h1-2,4-5,7-8,10H,3,6H2,(H,16,19)(H,15,17,18)/p+1. The number of carbonyl (C=O) groups is 2. The molecular formula is C14H14N2O3P+. The van der Waals surface area contributed by atoms with Crippen molar-refractivity contribution in [1.29, 1.82) is 0 Å². The topological polar surface area (TPSA) is 75.3 Å². The number of imide groups is 1. The van der Waals surface area contributed by atoms with E-state index in [0.29, 0.717) is 17.7 Å². The maximum Gasteiger partial charge on any atom is 0.445 e. The zero-order valence-corrected chi connectivity index (χ0v) is 11.7. The van der Waals surface area contributed by atoms with Crippen molar-refractivity contribution >= 4 is 26.1 Å². The first-order chi connectivity index (χ1) is 9.70. The molecule has 102 valence electrons. The van der Waals surface area contributed by atoms with Gasteiger partial charge < -0.3 is 0 Å². The van der Waals surface area contributed by atoms with Crippen LogP contribution in [0.5, 0.6) is 0 Å². The van der Waals surface area contributed by atoms with Crippen LogP contribution in [0.4, 0.5) is 5.69 Å². The van der Waals surface area contributed by atoms with Crippen LogP contribution in [0.3, 0.4) is 0 Å². The van der Waals surface area contributed by atoms with E-state index in [1.165, 1.54) is 0 Å². The molecule has 1 aromatic rings. The number of hydrogen-bond donors (Lipinski definition) is 2. The second kappa shape index (κ2) is 4.84. The van der Waals surface area contributed by atoms with Crippen LogP contribution < -0.4 is 10.4 Å². The molecule has 0 bridgehead atoms. The Morgan fingerprint density at radius 1 is 1.30 bits per heavy atom. The van der Waals surface area contributed by atoms with E-state index in [9.17, 15) is 14.2 Å². The fraction of sp³-hybridized carbons (Fsp3) is 0.286. The average Bonchev–Trinajstić information content (AvgIpc) is 2.73. The van der Waals surface area contributed by atoms with Gasteiger partial charge in [-0.2, -0.15) is 5.09 Å². The largest absolute Gasteiger partial charge is 0.445 e. The first-order valence-electron chi connectivity index (χ1n) is 6.46. The molecule has 1 aromatic carbocycles. The van der Waals surface area contributed by atoms with Crippen molar-refractivity contribution in [2.75, 3.05) is 5.09 Å². The summed E-state index contributed by atoms with van der Waals surface area (Å²) in [4.78, 5) is 24.4. The molecule has 3 unspecified atom stereocenters. The van der Waals surface area contributed by atoms with Gasteiger partial charge in [0.05, 0.1) is 11.6 Å². The SMILES string of the molecule is O=[PH+]Nc1ccccc1C12C=CCCC1C(=O)NC2=O. The van der Waals surface area contributed by atoms with Crippen LogP contribution in [-0.4, -0.2) is 11.8 Å². The normalized spacial score (nSPS) is 28.3. The fourth-order valence-electron chi connectivity index (χ4n) is 3.16. The van der Waals surface area contributed by atoms with Crippen LogP contribution in [0, 0.1) is 5.92 Å². The molecule has 3 rings (SSSR count). The Hall–Kier alpha value is -2.00. The number of rotatable bonds is 3. The highest BCUT2D eigenvalue weighted by Gasteiger charge is 2.56. The Labute approximate surface area is 117 Å². The molecule has 1 aliphatic carbocycles. The summed E-state index contributed by atoms with van der Waals surface area (Å²) in [6, 6.07) is 7.20. The highest BCUT2D eigenvalue weighted by molar-refractivity contribution is 7.25. The molecule has 1 fully saturated rings. The summed E-state index contributed by atoms with van der Waals surface area (Å²) in [7, 11) is -0.709. The monoisotopic (exact) mass is 289 g/mol. The number of allylic oxidation sites excluding steroid dienone is 1. The van der Waals surface area contributed by atoms with E-state index < -0.39 is 19.9 Å². The molecule has 1 aliphatic heterocycles. The Morgan fingerprint density at radius 3 is 2.90 bits per heavy atom. The van der Waals surface area contributed by atoms with Crippen LogP contribution in [0.2, 0.25) is 0 Å². The Bertz CT molecular complexity index is 629. The van der Waals surface area contributed by atoms with E-state index in [-0.39, 0.29) is 11.8 Å². The van der Waals surface area contributed by atoms with Crippen molar-refractivity contribution in [2.24, 2.45) is 5.92 Å². The first kappa shape index (κ1) is 13.0. The maximum absolute atomic E-state index is 12.4. The van der Waals surface area contributed by atoms with Crippen molar-refractivity contribution < 1.29 is 14.2 Å². The Balaban J connectivity index is 2.22. The second-order valence-electron chi connectivity index (χ2n) is 4.99. The summed E-state index contributed by atoms with van der Waals surface area (Å²) < 4.78 is 10.9. The van der Waals surface area contributed by atoms with Crippen molar-refractivity contribution in [3.63, 3.8) is 0 Å². The van der Waals surface area contributed by atoms with Gasteiger partial charge in [0.15, 0.2) is 0 Å². The predicted molar refractivity (Wildman–Crippen MR) is 75.8 cm³/mol. The summed E-state index contributed by atoms with van der Waals surface area (Å²) in [6.07, 6.45) is 5.18. The number of anilines is 1. The maximum atomic E-state index is 12.4. The number of benzene rings is 1. The van der Waals surface area contributed by atoms with Gasteiger partial charge in [0, 0.05) is 0 Å². The molecule has 0 spiro atoms. The van der Waals surface area contributed by atoms with E-state index in [1.807, 2.05) is 24.3 Å². The molecule has 0 saturated carbocycles. The minimum absolute atomic E-state index is 0.223. The molecule has 2 amide bonds. The summed E-state index contributed by atoms with van der Waals surface area (Å²) in [5, 5.41) is 5.20. The fourth-order valence-corrected chi connectivity index (χ4v) is 3.49. The predicted octanol–water partition coefficient (Wildman–Crippen LogP) is 1.90. The highest BCUT2D eigenvalue weighted by atomic mass is 31.1. The highest BCUT2D eigenvalue weighted by Crippen LogP contribution is 2.46. The third-order valence-corrected chi connectivity index (χ3v) is 4.41. The Morgan fingerprint density at radius 2 is 2.10 bits per heavy atom. The quantitative estimate of drug-likeness (QED) is 0.506. The van der Waals surface area contributed by atoms with Gasteiger partial charge in [0.2, 0.25) is 11.8 Å². The molecule has 0 radical (unpaired) electrons. The lowest BCUT2D eigenvalue weighted by atomic mass is 9.67. The van der Waals surface area contributed by atoms with Crippen molar-refractivity contribution in [3.05, 3.63) is 42.0 Å². The Kier molecular flexibility index (Phi) is 3.14. The van der Waals surface area contributed by atoms with Crippen molar-refractivity contribution in [1.82, 2.24) is 5.32 Å². The number of fused-ring (bicyclic) bond motifs is 1. The molecule has 0 aromatic heterocycles. The van der Waals surface area contributed by atoms with Gasteiger partial charge in [-0.3, -0.25) is 14.9 Å². The smallest absolute Gasteiger partial charge is 0.295 e. The van der Waals surface area contributed by atoms with Crippen molar-refractivity contribution in [3.8, 4) is 0 Å². The lowest BCUT2D eigenvalue weighted by Gasteiger charge is -2.32. The van der Waals surface area contributed by atoms with Crippen LogP contribution in [0.15, 0.2) is 36.4 Å². The molecule has 20 heavy (non-hydrogen) atoms. The molecule has 6 heteroatoms. The van der Waals surface area contributed by atoms with Gasteiger partial charge in [0.25, 0.3) is 0 Å². The van der Waals surface area contributed by atoms with E-state index >= 15 is 0 Å². The van der Waals surface area contributed by atoms with E-state index in [2.05, 4.69) is 10.4 Å². The van der Waals surface area contributed by atoms with E-state index in [1.54, 1.807) is 12.1 Å². The summed E-state index contributed by atoms with van der Waals surface area (Å²) >= 11 is 0. The van der Waals surface area contributed by atoms with Gasteiger partial charge in [0.1, 0.15) is 5.41 Å². The van der Waals surface area contributed by atoms with Gasteiger partial charge in [-0.05, 0) is 29.0 Å². The lowest BCUT2D eigenvalue weighted by Crippen LogP contribution is -2.39. The first-order valence-corrected chi connectivity index (χ1v) is 7.36. The molecule has 2 aliphatic rings. The van der Waals surface area contributed by atoms with E-state index in [0.717, 1.165) is 6.42 Å². The van der Waals surface area contributed by atoms with Gasteiger partial charge in [-0.15, -0.1) is 0 Å². The summed E-state index contributed by atoms with van der Waals surface area (Å²) in [6.45, 7) is 0. The van der Waals surface area contributed by atoms with E-state index in [4.69, 9.17) is 0 Å². The summed E-state index contributed by atoms with van der Waals surface area (Å²) in [5.41, 5.74) is 0.355. The molecule has 5 nitrogen and oxygen atoms in total. The number of carbonyl (C=O) groups excluding carboxylic acids is 2.